The van der Waals surface area contributed by atoms with E-state index >= 15 is 0 Å². The molecule has 0 aromatic carbocycles. The van der Waals surface area contributed by atoms with E-state index in [0.29, 0.717) is 39.0 Å². The van der Waals surface area contributed by atoms with Gasteiger partial charge in [0, 0.05) is 39.0 Å². The van der Waals surface area contributed by atoms with Gasteiger partial charge < -0.3 is 19.3 Å². The zero-order chi connectivity index (χ0) is 22.8. The summed E-state index contributed by atoms with van der Waals surface area (Å²) in [6.45, 7) is 0.814. The maximum Gasteiger partial charge on any atom is 0.306 e. The minimum atomic E-state index is -0.404. The predicted octanol–water partition coefficient (Wildman–Crippen LogP) is 2.13. The minimum Gasteiger partial charge on any atom is -0.456 e. The molecule has 0 atom stereocenters. The van der Waals surface area contributed by atoms with Crippen LogP contribution >= 0.6 is 22.7 Å². The van der Waals surface area contributed by atoms with Crippen LogP contribution in [0.4, 0.5) is 0 Å². The van der Waals surface area contributed by atoms with Gasteiger partial charge in [-0.05, 0) is 57.6 Å². The van der Waals surface area contributed by atoms with Crippen molar-refractivity contribution in [2.75, 3.05) is 39.4 Å². The molecule has 0 spiro atoms. The van der Waals surface area contributed by atoms with Crippen LogP contribution in [0.2, 0.25) is 0 Å². The second-order valence-electron chi connectivity index (χ2n) is 7.35. The van der Waals surface area contributed by atoms with Crippen LogP contribution in [0, 0.1) is 0 Å². The summed E-state index contributed by atoms with van der Waals surface area (Å²) < 4.78 is 10.2. The van der Waals surface area contributed by atoms with E-state index in [4.69, 9.17) is 9.47 Å². The molecule has 0 radical (unpaired) electrons. The first-order valence-corrected chi connectivity index (χ1v) is 12.3. The van der Waals surface area contributed by atoms with Gasteiger partial charge in [-0.25, -0.2) is 0 Å². The molecule has 2 aromatic rings. The van der Waals surface area contributed by atoms with E-state index in [0.717, 1.165) is 11.1 Å². The number of aryl methyl sites for hydroxylation is 2. The molecule has 0 unspecified atom stereocenters. The summed E-state index contributed by atoms with van der Waals surface area (Å²) in [7, 11) is 0. The lowest BCUT2D eigenvalue weighted by molar-refractivity contribution is -0.155. The maximum atomic E-state index is 12.3. The Hall–Kier alpha value is -2.72. The van der Waals surface area contributed by atoms with Gasteiger partial charge in [0.25, 0.3) is 11.8 Å². The summed E-state index contributed by atoms with van der Waals surface area (Å²) in [6, 6.07) is 3.91. The van der Waals surface area contributed by atoms with Gasteiger partial charge in [0.15, 0.2) is 13.2 Å². The van der Waals surface area contributed by atoms with Crippen molar-refractivity contribution in [2.45, 2.75) is 25.7 Å². The number of carbonyl (C=O) groups is 4. The van der Waals surface area contributed by atoms with Crippen molar-refractivity contribution in [1.29, 1.82) is 0 Å². The molecule has 0 N–H and O–H groups in total. The summed E-state index contributed by atoms with van der Waals surface area (Å²) in [4.78, 5) is 51.3. The average Bonchev–Trinajstić information content (AvgIpc) is 3.52. The van der Waals surface area contributed by atoms with Gasteiger partial charge in [-0.15, -0.1) is 0 Å². The molecular weight excluding hydrogens is 452 g/mol. The van der Waals surface area contributed by atoms with Crippen LogP contribution in [0.15, 0.2) is 33.7 Å². The van der Waals surface area contributed by atoms with Crippen LogP contribution in [-0.2, 0) is 41.5 Å². The van der Waals surface area contributed by atoms with E-state index in [-0.39, 0.29) is 37.9 Å². The highest BCUT2D eigenvalue weighted by molar-refractivity contribution is 7.08. The van der Waals surface area contributed by atoms with Crippen molar-refractivity contribution in [3.63, 3.8) is 0 Å². The van der Waals surface area contributed by atoms with Crippen LogP contribution in [0.25, 0.3) is 0 Å². The number of esters is 2. The quantitative estimate of drug-likeness (QED) is 0.486. The number of ether oxygens (including phenoxy) is 2. The van der Waals surface area contributed by atoms with Crippen LogP contribution in [0.1, 0.15) is 24.0 Å². The smallest absolute Gasteiger partial charge is 0.306 e. The molecule has 172 valence electrons. The molecule has 1 saturated heterocycles. The predicted molar refractivity (Wildman–Crippen MR) is 120 cm³/mol. The first kappa shape index (κ1) is 23.9. The summed E-state index contributed by atoms with van der Waals surface area (Å²) in [5.74, 6) is -1.36. The van der Waals surface area contributed by atoms with E-state index < -0.39 is 11.9 Å². The molecule has 2 amide bonds. The van der Waals surface area contributed by atoms with Gasteiger partial charge in [0.2, 0.25) is 0 Å². The van der Waals surface area contributed by atoms with Gasteiger partial charge in [-0.1, -0.05) is 0 Å². The third kappa shape index (κ3) is 7.76. The van der Waals surface area contributed by atoms with Crippen molar-refractivity contribution in [3.8, 4) is 0 Å². The molecule has 0 bridgehead atoms. The second-order valence-corrected chi connectivity index (χ2v) is 8.91. The fourth-order valence-corrected chi connectivity index (χ4v) is 4.59. The lowest BCUT2D eigenvalue weighted by Crippen LogP contribution is -2.52. The summed E-state index contributed by atoms with van der Waals surface area (Å²) in [5.41, 5.74) is 2.15. The van der Waals surface area contributed by atoms with Gasteiger partial charge in [-0.2, -0.15) is 22.7 Å². The van der Waals surface area contributed by atoms with Crippen molar-refractivity contribution in [1.82, 2.24) is 9.80 Å². The number of thiophene rings is 2. The van der Waals surface area contributed by atoms with Crippen molar-refractivity contribution in [3.05, 3.63) is 44.8 Å². The number of hydrogen-bond donors (Lipinski definition) is 0. The van der Waals surface area contributed by atoms with E-state index in [1.165, 1.54) is 0 Å². The second kappa shape index (κ2) is 12.4. The van der Waals surface area contributed by atoms with Crippen LogP contribution in [0.5, 0.6) is 0 Å². The molecule has 1 aliphatic heterocycles. The highest BCUT2D eigenvalue weighted by Crippen LogP contribution is 2.10. The fraction of sp³-hybridized carbons (Fsp3) is 0.455. The molecule has 1 aliphatic rings. The Kier molecular flexibility index (Phi) is 9.24. The van der Waals surface area contributed by atoms with E-state index in [9.17, 15) is 19.2 Å². The Balaban J connectivity index is 1.28. The molecule has 0 saturated carbocycles. The molecule has 2 aromatic heterocycles. The molecule has 3 rings (SSSR count). The maximum absolute atomic E-state index is 12.3. The van der Waals surface area contributed by atoms with E-state index in [2.05, 4.69) is 0 Å². The first-order chi connectivity index (χ1) is 15.5. The Bertz CT molecular complexity index is 815. The third-order valence-electron chi connectivity index (χ3n) is 5.09. The monoisotopic (exact) mass is 478 g/mol. The van der Waals surface area contributed by atoms with Crippen molar-refractivity contribution < 1.29 is 28.7 Å². The zero-order valence-corrected chi connectivity index (χ0v) is 19.3. The van der Waals surface area contributed by atoms with Crippen LogP contribution < -0.4 is 0 Å². The fourth-order valence-electron chi connectivity index (χ4n) is 3.18. The Morgan fingerprint density at radius 3 is 1.47 bits per heavy atom. The topological polar surface area (TPSA) is 93.2 Å². The summed E-state index contributed by atoms with van der Waals surface area (Å²) >= 11 is 3.14. The van der Waals surface area contributed by atoms with Gasteiger partial charge in [0.1, 0.15) is 0 Å². The number of amides is 2. The Morgan fingerprint density at radius 1 is 0.719 bits per heavy atom. The van der Waals surface area contributed by atoms with Crippen molar-refractivity contribution >= 4 is 46.4 Å². The zero-order valence-electron chi connectivity index (χ0n) is 17.7. The Morgan fingerprint density at radius 2 is 1.12 bits per heavy atom. The van der Waals surface area contributed by atoms with Crippen LogP contribution in [-0.4, -0.2) is 72.9 Å². The van der Waals surface area contributed by atoms with Gasteiger partial charge in [0.05, 0.1) is 0 Å². The first-order valence-electron chi connectivity index (χ1n) is 10.4. The number of hydrogen-bond acceptors (Lipinski definition) is 8. The summed E-state index contributed by atoms with van der Waals surface area (Å²) in [5, 5.41) is 7.85. The van der Waals surface area contributed by atoms with Crippen molar-refractivity contribution in [2.24, 2.45) is 0 Å². The largest absolute Gasteiger partial charge is 0.456 e. The normalized spacial score (nSPS) is 13.6. The number of carbonyl (C=O) groups excluding carboxylic acids is 4. The lowest BCUT2D eigenvalue weighted by atomic mass is 10.2. The number of nitrogens with zero attached hydrogens (tertiary/aromatic N) is 2. The SMILES string of the molecule is O=C(CCc1ccsc1)OCC(=O)N1CCN(C(=O)COC(=O)CCc2ccsc2)CC1. The molecule has 0 aliphatic carbocycles. The molecule has 1 fully saturated rings. The Labute approximate surface area is 194 Å². The lowest BCUT2D eigenvalue weighted by Gasteiger charge is -2.34. The molecule has 8 nitrogen and oxygen atoms in total. The highest BCUT2D eigenvalue weighted by Gasteiger charge is 2.25. The standard InChI is InChI=1S/C22H26N2O6S2/c25-19(13-29-21(27)3-1-17-5-11-31-15-17)23-7-9-24(10-8-23)20(26)14-30-22(28)4-2-18-6-12-32-16-18/h5-6,11-12,15-16H,1-4,7-10,13-14H2. The summed E-state index contributed by atoms with van der Waals surface area (Å²) in [6.07, 6.45) is 1.66. The van der Waals surface area contributed by atoms with E-state index in [1.807, 2.05) is 33.7 Å². The molecule has 10 heteroatoms. The number of rotatable bonds is 10. The van der Waals surface area contributed by atoms with E-state index in [1.54, 1.807) is 32.5 Å². The van der Waals surface area contributed by atoms with Gasteiger partial charge in [-0.3, -0.25) is 19.2 Å². The third-order valence-corrected chi connectivity index (χ3v) is 6.56. The highest BCUT2D eigenvalue weighted by atomic mass is 32.1. The average molecular weight is 479 g/mol. The molecule has 32 heavy (non-hydrogen) atoms. The molecular formula is C22H26N2O6S2. The van der Waals surface area contributed by atoms with Crippen LogP contribution in [0.3, 0.4) is 0 Å². The minimum absolute atomic E-state index is 0.234. The molecule has 3 heterocycles. The van der Waals surface area contributed by atoms with Gasteiger partial charge >= 0.3 is 11.9 Å². The number of piperazine rings is 1.